The molecule has 0 aliphatic rings. The third kappa shape index (κ3) is 26.3. The molecule has 1 radical (unpaired) electrons. The molecule has 10 heavy (non-hydrogen) atoms. The van der Waals surface area contributed by atoms with Gasteiger partial charge in [-0.15, -0.1) is 0 Å². The molecule has 4 heteroatoms. The minimum Gasteiger partial charge on any atom is -0.481 e. The largest absolute Gasteiger partial charge is 0.481 e. The molecule has 0 atom stereocenters. The molecular formula is C6H13O4. The molecule has 0 unspecified atom stereocenters. The highest BCUT2D eigenvalue weighted by atomic mass is 16.4. The number of rotatable bonds is 3. The Balaban J connectivity index is 0. The summed E-state index contributed by atoms with van der Waals surface area (Å²) in [6.45, 7) is 3.01. The topological polar surface area (TPSA) is 77.8 Å². The second-order valence-corrected chi connectivity index (χ2v) is 1.44. The van der Waals surface area contributed by atoms with Gasteiger partial charge in [-0.2, -0.15) is 0 Å². The SMILES string of the molecule is O=C(O)CCCO.[CH2]CO. The first kappa shape index (κ1) is 12.1. The number of aliphatic hydroxyl groups is 2. The van der Waals surface area contributed by atoms with Gasteiger partial charge in [0.1, 0.15) is 0 Å². The Labute approximate surface area is 60.1 Å². The van der Waals surface area contributed by atoms with E-state index >= 15 is 0 Å². The molecule has 0 rings (SSSR count). The lowest BCUT2D eigenvalue weighted by atomic mass is 10.3. The van der Waals surface area contributed by atoms with Gasteiger partial charge in [0.05, 0.1) is 0 Å². The van der Waals surface area contributed by atoms with Gasteiger partial charge in [-0.25, -0.2) is 0 Å². The Bertz CT molecular complexity index is 72.1. The lowest BCUT2D eigenvalue weighted by Crippen LogP contribution is -1.95. The molecule has 0 aliphatic heterocycles. The Kier molecular flexibility index (Phi) is 13.6. The molecule has 0 aromatic heterocycles. The highest BCUT2D eigenvalue weighted by molar-refractivity contribution is 5.66. The molecule has 0 amide bonds. The molecule has 3 N–H and O–H groups in total. The van der Waals surface area contributed by atoms with Crippen molar-refractivity contribution in [3.63, 3.8) is 0 Å². The van der Waals surface area contributed by atoms with E-state index in [2.05, 4.69) is 6.92 Å². The summed E-state index contributed by atoms with van der Waals surface area (Å²) in [6.07, 6.45) is 0.422. The first-order valence-corrected chi connectivity index (χ1v) is 2.91. The van der Waals surface area contributed by atoms with Crippen LogP contribution in [-0.2, 0) is 4.79 Å². The Morgan fingerprint density at radius 1 is 1.40 bits per heavy atom. The number of hydrogen-bond donors (Lipinski definition) is 3. The van der Waals surface area contributed by atoms with Gasteiger partial charge in [0.2, 0.25) is 0 Å². The monoisotopic (exact) mass is 149 g/mol. The molecule has 0 fully saturated rings. The summed E-state index contributed by atoms with van der Waals surface area (Å²) in [5.41, 5.74) is 0. The van der Waals surface area contributed by atoms with E-state index in [1.165, 1.54) is 0 Å². The van der Waals surface area contributed by atoms with Crippen molar-refractivity contribution in [3.8, 4) is 0 Å². The summed E-state index contributed by atoms with van der Waals surface area (Å²) in [6, 6.07) is 0. The van der Waals surface area contributed by atoms with E-state index in [0.717, 1.165) is 0 Å². The van der Waals surface area contributed by atoms with Gasteiger partial charge in [-0.1, -0.05) is 0 Å². The maximum Gasteiger partial charge on any atom is 0.303 e. The van der Waals surface area contributed by atoms with Crippen LogP contribution >= 0.6 is 0 Å². The second-order valence-electron chi connectivity index (χ2n) is 1.44. The molecule has 0 aromatic carbocycles. The lowest BCUT2D eigenvalue weighted by molar-refractivity contribution is -0.137. The van der Waals surface area contributed by atoms with Gasteiger partial charge in [-0.05, 0) is 13.3 Å². The fourth-order valence-corrected chi connectivity index (χ4v) is 0.230. The highest BCUT2D eigenvalue weighted by Crippen LogP contribution is 1.83. The van der Waals surface area contributed by atoms with Crippen LogP contribution < -0.4 is 0 Å². The van der Waals surface area contributed by atoms with Gasteiger partial charge >= 0.3 is 5.97 Å². The fraction of sp³-hybridized carbons (Fsp3) is 0.667. The smallest absolute Gasteiger partial charge is 0.303 e. The quantitative estimate of drug-likeness (QED) is 0.513. The average Bonchev–Trinajstić information content (AvgIpc) is 1.85. The Morgan fingerprint density at radius 2 is 1.80 bits per heavy atom. The summed E-state index contributed by atoms with van der Waals surface area (Å²) in [4.78, 5) is 9.65. The number of carbonyl (C=O) groups is 1. The average molecular weight is 149 g/mol. The predicted molar refractivity (Wildman–Crippen MR) is 36.4 cm³/mol. The maximum atomic E-state index is 9.65. The molecule has 0 aliphatic carbocycles. The van der Waals surface area contributed by atoms with Crippen molar-refractivity contribution in [2.45, 2.75) is 12.8 Å². The van der Waals surface area contributed by atoms with Gasteiger partial charge in [0, 0.05) is 19.6 Å². The van der Waals surface area contributed by atoms with Crippen molar-refractivity contribution in [1.29, 1.82) is 0 Å². The maximum absolute atomic E-state index is 9.65. The fourth-order valence-electron chi connectivity index (χ4n) is 0.230. The van der Waals surface area contributed by atoms with Crippen LogP contribution in [0.4, 0.5) is 0 Å². The normalized spacial score (nSPS) is 7.90. The van der Waals surface area contributed by atoms with Gasteiger partial charge in [0.25, 0.3) is 0 Å². The third-order valence-corrected chi connectivity index (χ3v) is 0.549. The summed E-state index contributed by atoms with van der Waals surface area (Å²) >= 11 is 0. The van der Waals surface area contributed by atoms with Crippen LogP contribution in [0.3, 0.4) is 0 Å². The number of carboxylic acids is 1. The molecule has 0 saturated heterocycles. The number of hydrogen-bond acceptors (Lipinski definition) is 3. The summed E-state index contributed by atoms with van der Waals surface area (Å²) < 4.78 is 0. The van der Waals surface area contributed by atoms with Crippen LogP contribution in [0.1, 0.15) is 12.8 Å². The number of carboxylic acid groups (broad SMARTS) is 1. The van der Waals surface area contributed by atoms with E-state index in [4.69, 9.17) is 15.3 Å². The van der Waals surface area contributed by atoms with Crippen LogP contribution in [0, 0.1) is 6.92 Å². The van der Waals surface area contributed by atoms with Crippen LogP contribution in [-0.4, -0.2) is 34.5 Å². The molecular weight excluding hydrogens is 136 g/mol. The molecule has 0 saturated carbocycles. The standard InChI is InChI=1S/C4H8O3.C2H5O/c5-3-1-2-4(6)7;1-2-3/h5H,1-3H2,(H,6,7);3H,1-2H2. The lowest BCUT2D eigenvalue weighted by Gasteiger charge is -1.85. The minimum absolute atomic E-state index is 0. The minimum atomic E-state index is -0.853. The summed E-state index contributed by atoms with van der Waals surface area (Å²) in [7, 11) is 0. The first-order valence-electron chi connectivity index (χ1n) is 2.91. The van der Waals surface area contributed by atoms with Crippen molar-refractivity contribution in [2.24, 2.45) is 0 Å². The predicted octanol–water partition coefficient (Wildman–Crippen LogP) is -0.344. The van der Waals surface area contributed by atoms with Crippen molar-refractivity contribution < 1.29 is 20.1 Å². The first-order chi connectivity index (χ1) is 4.68. The van der Waals surface area contributed by atoms with Crippen LogP contribution in [0.5, 0.6) is 0 Å². The molecule has 0 spiro atoms. The van der Waals surface area contributed by atoms with Crippen molar-refractivity contribution in [2.75, 3.05) is 13.2 Å². The highest BCUT2D eigenvalue weighted by Gasteiger charge is 1.91. The molecule has 61 valence electrons. The molecule has 0 aromatic rings. The van der Waals surface area contributed by atoms with Crippen molar-refractivity contribution in [1.82, 2.24) is 0 Å². The summed E-state index contributed by atoms with van der Waals surface area (Å²) in [5, 5.41) is 23.4. The molecule has 0 bridgehead atoms. The number of aliphatic hydroxyl groups excluding tert-OH is 2. The second kappa shape index (κ2) is 11.2. The zero-order chi connectivity index (χ0) is 8.41. The van der Waals surface area contributed by atoms with Crippen molar-refractivity contribution >= 4 is 5.97 Å². The van der Waals surface area contributed by atoms with Crippen LogP contribution in [0.15, 0.2) is 0 Å². The Morgan fingerprint density at radius 3 is 1.90 bits per heavy atom. The van der Waals surface area contributed by atoms with Gasteiger partial charge in [0.15, 0.2) is 0 Å². The number of aliphatic carboxylic acids is 1. The van der Waals surface area contributed by atoms with E-state index < -0.39 is 5.97 Å². The third-order valence-electron chi connectivity index (χ3n) is 0.549. The molecule has 0 heterocycles. The zero-order valence-electron chi connectivity index (χ0n) is 5.79. The van der Waals surface area contributed by atoms with Crippen molar-refractivity contribution in [3.05, 3.63) is 6.92 Å². The Hall–Kier alpha value is -0.610. The van der Waals surface area contributed by atoms with Gasteiger partial charge in [-0.3, -0.25) is 4.79 Å². The van der Waals surface area contributed by atoms with E-state index in [1.807, 2.05) is 0 Å². The van der Waals surface area contributed by atoms with Crippen LogP contribution in [0.25, 0.3) is 0 Å². The summed E-state index contributed by atoms with van der Waals surface area (Å²) in [5.74, 6) is -0.853. The van der Waals surface area contributed by atoms with Crippen LogP contribution in [0.2, 0.25) is 0 Å². The van der Waals surface area contributed by atoms with Gasteiger partial charge < -0.3 is 15.3 Å². The van der Waals surface area contributed by atoms with E-state index in [-0.39, 0.29) is 19.6 Å². The van der Waals surface area contributed by atoms with E-state index in [1.54, 1.807) is 0 Å². The van der Waals surface area contributed by atoms with E-state index in [0.29, 0.717) is 6.42 Å². The van der Waals surface area contributed by atoms with E-state index in [9.17, 15) is 4.79 Å². The zero-order valence-corrected chi connectivity index (χ0v) is 5.79. The molecule has 4 nitrogen and oxygen atoms in total.